The van der Waals surface area contributed by atoms with Crippen LogP contribution < -0.4 is 24.4 Å². The van der Waals surface area contributed by atoms with Crippen LogP contribution in [0.25, 0.3) is 6.08 Å². The van der Waals surface area contributed by atoms with Gasteiger partial charge in [0.15, 0.2) is 11.5 Å². The van der Waals surface area contributed by atoms with Crippen molar-refractivity contribution in [3.63, 3.8) is 0 Å². The van der Waals surface area contributed by atoms with E-state index in [1.807, 2.05) is 0 Å². The van der Waals surface area contributed by atoms with Gasteiger partial charge in [-0.1, -0.05) is 30.3 Å². The highest BCUT2D eigenvalue weighted by Gasteiger charge is 2.37. The predicted molar refractivity (Wildman–Crippen MR) is 119 cm³/mol. The third-order valence-electron chi connectivity index (χ3n) is 5.24. The zero-order valence-electron chi connectivity index (χ0n) is 17.6. The molecular formula is C25H17FN2O6. The minimum absolute atomic E-state index is 0.0390. The maximum Gasteiger partial charge on any atom is 0.335 e. The molecule has 2 aliphatic heterocycles. The van der Waals surface area contributed by atoms with Crippen molar-refractivity contribution in [2.75, 3.05) is 11.7 Å². The number of carbonyl (C=O) groups excluding carboxylic acids is 3. The number of halogens is 1. The predicted octanol–water partition coefficient (Wildman–Crippen LogP) is 3.80. The van der Waals surface area contributed by atoms with E-state index in [4.69, 9.17) is 14.2 Å². The Morgan fingerprint density at radius 2 is 1.74 bits per heavy atom. The minimum atomic E-state index is -0.869. The molecule has 2 heterocycles. The molecule has 0 aromatic heterocycles. The number of amides is 4. The second kappa shape index (κ2) is 8.70. The molecule has 0 saturated carbocycles. The summed E-state index contributed by atoms with van der Waals surface area (Å²) in [7, 11) is 0. The van der Waals surface area contributed by atoms with Gasteiger partial charge in [-0.3, -0.25) is 14.9 Å². The van der Waals surface area contributed by atoms with Crippen LogP contribution in [0.2, 0.25) is 0 Å². The van der Waals surface area contributed by atoms with Crippen LogP contribution in [0.3, 0.4) is 0 Å². The molecule has 9 heteroatoms. The summed E-state index contributed by atoms with van der Waals surface area (Å²) in [6.45, 7) is 0.194. The van der Waals surface area contributed by atoms with Gasteiger partial charge < -0.3 is 14.2 Å². The molecule has 0 unspecified atom stereocenters. The Morgan fingerprint density at radius 3 is 2.56 bits per heavy atom. The number of nitrogens with zero attached hydrogens (tertiary/aromatic N) is 1. The van der Waals surface area contributed by atoms with Crippen LogP contribution in [0.15, 0.2) is 72.3 Å². The van der Waals surface area contributed by atoms with E-state index in [9.17, 15) is 18.8 Å². The highest BCUT2D eigenvalue weighted by Crippen LogP contribution is 2.36. The van der Waals surface area contributed by atoms with Gasteiger partial charge in [-0.15, -0.1) is 0 Å². The number of anilines is 1. The molecule has 0 aliphatic carbocycles. The summed E-state index contributed by atoms with van der Waals surface area (Å²) in [4.78, 5) is 39.1. The summed E-state index contributed by atoms with van der Waals surface area (Å²) in [5, 5.41) is 2.19. The lowest BCUT2D eigenvalue weighted by Crippen LogP contribution is -2.54. The van der Waals surface area contributed by atoms with Gasteiger partial charge in [0, 0.05) is 11.6 Å². The van der Waals surface area contributed by atoms with Crippen molar-refractivity contribution in [2.45, 2.75) is 6.61 Å². The first kappa shape index (κ1) is 21.2. The van der Waals surface area contributed by atoms with Gasteiger partial charge in [0.2, 0.25) is 6.79 Å². The Kier molecular flexibility index (Phi) is 5.43. The number of hydrogen-bond donors (Lipinski definition) is 1. The van der Waals surface area contributed by atoms with E-state index in [0.29, 0.717) is 22.8 Å². The molecule has 4 amide bonds. The van der Waals surface area contributed by atoms with E-state index in [2.05, 4.69) is 5.32 Å². The molecular weight excluding hydrogens is 443 g/mol. The van der Waals surface area contributed by atoms with Crippen molar-refractivity contribution in [1.29, 1.82) is 0 Å². The number of rotatable bonds is 5. The Morgan fingerprint density at radius 1 is 0.971 bits per heavy atom. The van der Waals surface area contributed by atoms with Crippen molar-refractivity contribution in [1.82, 2.24) is 5.32 Å². The zero-order valence-corrected chi connectivity index (χ0v) is 17.6. The van der Waals surface area contributed by atoms with E-state index in [-0.39, 0.29) is 30.5 Å². The number of barbiturate groups is 1. The normalized spacial score (nSPS) is 16.1. The molecule has 170 valence electrons. The van der Waals surface area contributed by atoms with Crippen molar-refractivity contribution in [3.05, 3.63) is 89.2 Å². The van der Waals surface area contributed by atoms with E-state index in [0.717, 1.165) is 10.5 Å². The van der Waals surface area contributed by atoms with Crippen LogP contribution >= 0.6 is 0 Å². The third kappa shape index (κ3) is 4.06. The molecule has 3 aromatic rings. The number of carbonyl (C=O) groups is 3. The molecule has 0 bridgehead atoms. The number of fused-ring (bicyclic) bond motifs is 1. The smallest absolute Gasteiger partial charge is 0.335 e. The first-order valence-corrected chi connectivity index (χ1v) is 10.3. The van der Waals surface area contributed by atoms with Crippen LogP contribution in [0.4, 0.5) is 14.9 Å². The van der Waals surface area contributed by atoms with E-state index >= 15 is 0 Å². The molecule has 1 saturated heterocycles. The quantitative estimate of drug-likeness (QED) is 0.460. The summed E-state index contributed by atoms with van der Waals surface area (Å²) in [6.07, 6.45) is 1.37. The van der Waals surface area contributed by atoms with Gasteiger partial charge >= 0.3 is 6.03 Å². The van der Waals surface area contributed by atoms with Gasteiger partial charge in [0.05, 0.1) is 5.69 Å². The average Bonchev–Trinajstić information content (AvgIpc) is 3.30. The van der Waals surface area contributed by atoms with Crippen molar-refractivity contribution < 1.29 is 33.0 Å². The van der Waals surface area contributed by atoms with Gasteiger partial charge in [-0.25, -0.2) is 14.1 Å². The maximum absolute atomic E-state index is 13.2. The largest absolute Gasteiger partial charge is 0.488 e. The minimum Gasteiger partial charge on any atom is -0.488 e. The number of ether oxygens (including phenoxy) is 3. The van der Waals surface area contributed by atoms with E-state index in [1.54, 1.807) is 42.5 Å². The molecule has 34 heavy (non-hydrogen) atoms. The Balaban J connectivity index is 1.43. The van der Waals surface area contributed by atoms with Gasteiger partial charge in [-0.05, 0) is 42.0 Å². The summed E-state index contributed by atoms with van der Waals surface area (Å²) in [5.74, 6) is -0.669. The lowest BCUT2D eigenvalue weighted by molar-refractivity contribution is -0.122. The Hall–Kier alpha value is -4.66. The van der Waals surface area contributed by atoms with Crippen LogP contribution in [0, 0.1) is 5.82 Å². The highest BCUT2D eigenvalue weighted by atomic mass is 19.1. The molecule has 1 fully saturated rings. The lowest BCUT2D eigenvalue weighted by atomic mass is 10.1. The first-order valence-electron chi connectivity index (χ1n) is 10.3. The molecule has 8 nitrogen and oxygen atoms in total. The number of hydrogen-bond acceptors (Lipinski definition) is 6. The molecule has 0 atom stereocenters. The summed E-state index contributed by atoms with van der Waals surface area (Å²) in [5.41, 5.74) is 1.19. The fraction of sp³-hybridized carbons (Fsp3) is 0.0800. The number of urea groups is 1. The Labute approximate surface area is 193 Å². The van der Waals surface area contributed by atoms with E-state index < -0.39 is 17.8 Å². The second-order valence-corrected chi connectivity index (χ2v) is 7.45. The fourth-order valence-electron chi connectivity index (χ4n) is 3.54. The zero-order chi connectivity index (χ0) is 23.7. The van der Waals surface area contributed by atoms with Crippen molar-refractivity contribution >= 4 is 29.6 Å². The SMILES string of the molecule is O=C1NC(=O)N(c2ccc3c(c2)OCO3)C(=O)/C1=C/c1ccccc1OCc1ccc(F)cc1. The molecule has 3 aromatic carbocycles. The van der Waals surface area contributed by atoms with Crippen molar-refractivity contribution in [3.8, 4) is 17.2 Å². The van der Waals surface area contributed by atoms with Gasteiger partial charge in [-0.2, -0.15) is 0 Å². The van der Waals surface area contributed by atoms with Gasteiger partial charge in [0.1, 0.15) is 23.7 Å². The van der Waals surface area contributed by atoms with Crippen LogP contribution in [-0.4, -0.2) is 24.6 Å². The summed E-state index contributed by atoms with van der Waals surface area (Å²) in [6, 6.07) is 16.4. The monoisotopic (exact) mass is 460 g/mol. The fourth-order valence-corrected chi connectivity index (χ4v) is 3.54. The highest BCUT2D eigenvalue weighted by molar-refractivity contribution is 6.39. The van der Waals surface area contributed by atoms with Crippen LogP contribution in [-0.2, 0) is 16.2 Å². The third-order valence-corrected chi connectivity index (χ3v) is 5.24. The van der Waals surface area contributed by atoms with Crippen LogP contribution in [0.5, 0.6) is 17.2 Å². The standard InChI is InChI=1S/C25H17FN2O6/c26-17-7-5-15(6-8-17)13-32-20-4-2-1-3-16(20)11-19-23(29)27-25(31)28(24(19)30)18-9-10-21-22(12-18)34-14-33-21/h1-12H,13-14H2,(H,27,29,31)/b19-11+. The second-order valence-electron chi connectivity index (χ2n) is 7.45. The molecule has 1 N–H and O–H groups in total. The van der Waals surface area contributed by atoms with Crippen molar-refractivity contribution in [2.24, 2.45) is 0 Å². The number of nitrogens with one attached hydrogen (secondary N) is 1. The average molecular weight is 460 g/mol. The Bertz CT molecular complexity index is 1340. The van der Waals surface area contributed by atoms with E-state index in [1.165, 1.54) is 30.3 Å². The maximum atomic E-state index is 13.2. The summed E-state index contributed by atoms with van der Waals surface area (Å²) < 4.78 is 29.6. The molecule has 0 spiro atoms. The molecule has 5 rings (SSSR count). The number of imide groups is 2. The molecule has 0 radical (unpaired) electrons. The lowest BCUT2D eigenvalue weighted by Gasteiger charge is -2.26. The number of para-hydroxylation sites is 1. The van der Waals surface area contributed by atoms with Gasteiger partial charge in [0.25, 0.3) is 11.8 Å². The summed E-state index contributed by atoms with van der Waals surface area (Å²) >= 11 is 0. The van der Waals surface area contributed by atoms with Crippen LogP contribution in [0.1, 0.15) is 11.1 Å². The number of benzene rings is 3. The topological polar surface area (TPSA) is 94.2 Å². The molecule has 2 aliphatic rings. The first-order chi connectivity index (χ1) is 16.5.